The molecule has 0 saturated heterocycles. The number of fused-ring (bicyclic) bond motifs is 1. The fourth-order valence-corrected chi connectivity index (χ4v) is 4.32. The summed E-state index contributed by atoms with van der Waals surface area (Å²) in [4.78, 5) is 50.1. The van der Waals surface area contributed by atoms with E-state index in [1.54, 1.807) is 13.8 Å². The van der Waals surface area contributed by atoms with Crippen LogP contribution in [-0.2, 0) is 25.8 Å². The van der Waals surface area contributed by atoms with Gasteiger partial charge in [-0.25, -0.2) is 18.8 Å². The smallest absolute Gasteiger partial charge is 0.449 e. The Hall–Kier alpha value is -4.62. The summed E-state index contributed by atoms with van der Waals surface area (Å²) in [6, 6.07) is 6.86. The number of hydrogen-bond donors (Lipinski definition) is 1. The Labute approximate surface area is 210 Å². The number of benzene rings is 2. The van der Waals surface area contributed by atoms with Gasteiger partial charge in [-0.05, 0) is 43.7 Å². The maximum absolute atomic E-state index is 14.1. The highest BCUT2D eigenvalue weighted by Crippen LogP contribution is 2.34. The largest absolute Gasteiger partial charge is 0.511 e. The van der Waals surface area contributed by atoms with E-state index in [-0.39, 0.29) is 17.9 Å². The number of aromatic nitrogens is 4. The monoisotopic (exact) mass is 536 g/mol. The normalized spacial score (nSPS) is 11.7. The van der Waals surface area contributed by atoms with Gasteiger partial charge >= 0.3 is 23.7 Å². The van der Waals surface area contributed by atoms with Gasteiger partial charge in [-0.3, -0.25) is 23.1 Å². The fraction of sp³-hybridized carbons (Fsp3) is 0.250. The summed E-state index contributed by atoms with van der Waals surface area (Å²) in [6.45, 7) is 3.11. The number of rotatable bonds is 6. The molecule has 0 fully saturated rings. The van der Waals surface area contributed by atoms with Crippen LogP contribution >= 0.6 is 0 Å². The van der Waals surface area contributed by atoms with Crippen LogP contribution in [0.2, 0.25) is 0 Å². The third-order valence-electron chi connectivity index (χ3n) is 5.96. The highest BCUT2D eigenvalue weighted by atomic mass is 19.4. The number of alkyl halides is 3. The van der Waals surface area contributed by atoms with Crippen molar-refractivity contribution in [3.63, 3.8) is 0 Å². The average molecular weight is 536 g/mol. The van der Waals surface area contributed by atoms with Crippen molar-refractivity contribution >= 4 is 17.2 Å². The van der Waals surface area contributed by atoms with E-state index < -0.39 is 52.8 Å². The molecule has 10 nitrogen and oxygen atoms in total. The molecule has 2 heterocycles. The van der Waals surface area contributed by atoms with E-state index in [1.165, 1.54) is 27.3 Å². The Morgan fingerprint density at radius 2 is 1.61 bits per heavy atom. The van der Waals surface area contributed by atoms with E-state index >= 15 is 0 Å². The van der Waals surface area contributed by atoms with Crippen molar-refractivity contribution in [1.29, 1.82) is 0 Å². The predicted octanol–water partition coefficient (Wildman–Crippen LogP) is 3.42. The van der Waals surface area contributed by atoms with Crippen molar-refractivity contribution in [2.45, 2.75) is 39.7 Å². The minimum atomic E-state index is -5.14. The van der Waals surface area contributed by atoms with Crippen molar-refractivity contribution < 1.29 is 32.2 Å². The summed E-state index contributed by atoms with van der Waals surface area (Å²) in [5.74, 6) is -2.48. The molecule has 4 aromatic rings. The maximum Gasteiger partial charge on any atom is 0.511 e. The molecule has 4 rings (SSSR count). The summed E-state index contributed by atoms with van der Waals surface area (Å²) >= 11 is 0. The molecule has 1 N–H and O–H groups in total. The number of ether oxygens (including phenoxy) is 1. The predicted molar refractivity (Wildman–Crippen MR) is 127 cm³/mol. The van der Waals surface area contributed by atoms with E-state index in [4.69, 9.17) is 5.11 Å². The minimum absolute atomic E-state index is 0.0669. The molecule has 38 heavy (non-hydrogen) atoms. The highest BCUT2D eigenvalue weighted by Gasteiger charge is 2.37. The van der Waals surface area contributed by atoms with Crippen LogP contribution < -0.4 is 21.7 Å². The standard InChI is InChI=1S/C24H20F4N4O6/c1-3-29-16-9-8-14(10-17(16)30(4-2)21(29)34)31-12-18(38-23(36)37)20(33)32(22(31)35)11-13-6-5-7-15(25)19(13)24(26,27)28/h5-10,12H,3-4,11H2,1-2H3,(H,36,37). The number of nitrogens with zero attached hydrogens (tertiary/aromatic N) is 4. The molecular formula is C24H20F4N4O6. The van der Waals surface area contributed by atoms with E-state index in [9.17, 15) is 36.7 Å². The molecule has 0 amide bonds. The van der Waals surface area contributed by atoms with Gasteiger partial charge in [0.2, 0.25) is 5.75 Å². The van der Waals surface area contributed by atoms with Crippen LogP contribution in [0.25, 0.3) is 16.7 Å². The van der Waals surface area contributed by atoms with Crippen LogP contribution in [0.1, 0.15) is 25.0 Å². The lowest BCUT2D eigenvalue weighted by atomic mass is 10.1. The first-order chi connectivity index (χ1) is 17.9. The van der Waals surface area contributed by atoms with E-state index in [2.05, 4.69) is 4.74 Å². The SMILES string of the molecule is CCn1c(=O)n(CC)c2cc(-n3cc(OC(=O)O)c(=O)n(Cc4cccc(F)c4C(F)(F)F)c3=O)ccc21. The van der Waals surface area contributed by atoms with Crippen molar-refractivity contribution in [2.24, 2.45) is 0 Å². The number of carboxylic acid groups (broad SMARTS) is 1. The summed E-state index contributed by atoms with van der Waals surface area (Å²) < 4.78 is 63.3. The number of halogens is 4. The number of carbonyl (C=O) groups is 1. The first-order valence-electron chi connectivity index (χ1n) is 11.2. The number of hydrogen-bond acceptors (Lipinski definition) is 5. The van der Waals surface area contributed by atoms with Crippen LogP contribution in [-0.4, -0.2) is 29.5 Å². The Bertz CT molecular complexity index is 1750. The van der Waals surface area contributed by atoms with Gasteiger partial charge in [-0.1, -0.05) is 12.1 Å². The van der Waals surface area contributed by atoms with E-state index in [0.717, 1.165) is 22.9 Å². The maximum atomic E-state index is 14.1. The third kappa shape index (κ3) is 4.48. The minimum Gasteiger partial charge on any atom is -0.449 e. The lowest BCUT2D eigenvalue weighted by molar-refractivity contribution is -0.140. The molecule has 0 saturated carbocycles. The molecule has 0 aliphatic heterocycles. The summed E-state index contributed by atoms with van der Waals surface area (Å²) in [5.41, 5.74) is -4.16. The van der Waals surface area contributed by atoms with Crippen LogP contribution in [0.3, 0.4) is 0 Å². The molecule has 0 radical (unpaired) electrons. The molecule has 0 unspecified atom stereocenters. The van der Waals surface area contributed by atoms with Gasteiger partial charge in [-0.2, -0.15) is 13.2 Å². The highest BCUT2D eigenvalue weighted by molar-refractivity contribution is 5.78. The lowest BCUT2D eigenvalue weighted by Crippen LogP contribution is -2.40. The lowest BCUT2D eigenvalue weighted by Gasteiger charge is -2.16. The zero-order valence-corrected chi connectivity index (χ0v) is 20.0. The second kappa shape index (κ2) is 9.68. The molecule has 2 aromatic heterocycles. The fourth-order valence-electron chi connectivity index (χ4n) is 4.32. The molecule has 0 atom stereocenters. The average Bonchev–Trinajstić information content (AvgIpc) is 3.11. The zero-order valence-electron chi connectivity index (χ0n) is 20.0. The van der Waals surface area contributed by atoms with Crippen LogP contribution in [0, 0.1) is 5.82 Å². The molecule has 0 aliphatic carbocycles. The van der Waals surface area contributed by atoms with Crippen molar-refractivity contribution in [3.8, 4) is 11.4 Å². The Morgan fingerprint density at radius 3 is 2.21 bits per heavy atom. The van der Waals surface area contributed by atoms with Crippen molar-refractivity contribution in [3.05, 3.63) is 90.9 Å². The first-order valence-corrected chi connectivity index (χ1v) is 11.2. The van der Waals surface area contributed by atoms with E-state index in [1.807, 2.05) is 0 Å². The molecule has 2 aromatic carbocycles. The van der Waals surface area contributed by atoms with Crippen molar-refractivity contribution in [2.75, 3.05) is 0 Å². The molecule has 14 heteroatoms. The van der Waals surface area contributed by atoms with Crippen LogP contribution in [0.15, 0.2) is 57.0 Å². The Balaban J connectivity index is 1.99. The summed E-state index contributed by atoms with van der Waals surface area (Å²) in [5, 5.41) is 9.06. The molecule has 0 aliphatic rings. The van der Waals surface area contributed by atoms with Crippen LogP contribution in [0.5, 0.6) is 5.75 Å². The second-order valence-corrected chi connectivity index (χ2v) is 8.12. The van der Waals surface area contributed by atoms with E-state index in [0.29, 0.717) is 28.2 Å². The Kier molecular flexibility index (Phi) is 6.74. The van der Waals surface area contributed by atoms with Gasteiger partial charge in [0.15, 0.2) is 0 Å². The molecule has 200 valence electrons. The van der Waals surface area contributed by atoms with Gasteiger partial charge in [0.1, 0.15) is 5.82 Å². The quantitative estimate of drug-likeness (QED) is 0.298. The van der Waals surface area contributed by atoms with Gasteiger partial charge in [0.25, 0.3) is 5.56 Å². The van der Waals surface area contributed by atoms with Gasteiger partial charge in [0, 0.05) is 13.1 Å². The molecular weight excluding hydrogens is 516 g/mol. The van der Waals surface area contributed by atoms with Gasteiger partial charge in [-0.15, -0.1) is 0 Å². The van der Waals surface area contributed by atoms with Gasteiger partial charge < -0.3 is 9.84 Å². The first kappa shape index (κ1) is 26.4. The van der Waals surface area contributed by atoms with Crippen molar-refractivity contribution in [1.82, 2.24) is 18.3 Å². The molecule has 0 bridgehead atoms. The van der Waals surface area contributed by atoms with Gasteiger partial charge in [0.05, 0.1) is 35.0 Å². The second-order valence-electron chi connectivity index (χ2n) is 8.12. The van der Waals surface area contributed by atoms with Crippen LogP contribution in [0.4, 0.5) is 22.4 Å². The Morgan fingerprint density at radius 1 is 0.947 bits per heavy atom. The zero-order chi connectivity index (χ0) is 27.9. The number of imidazole rings is 1. The topological polar surface area (TPSA) is 117 Å². The third-order valence-corrected chi connectivity index (χ3v) is 5.96. The molecule has 0 spiro atoms. The summed E-state index contributed by atoms with van der Waals surface area (Å²) in [6.07, 6.45) is -6.26. The summed E-state index contributed by atoms with van der Waals surface area (Å²) in [7, 11) is 0. The number of aryl methyl sites for hydroxylation is 2.